The topological polar surface area (TPSA) is 6.48 Å². The van der Waals surface area contributed by atoms with Crippen molar-refractivity contribution >= 4 is 0 Å². The summed E-state index contributed by atoms with van der Waals surface area (Å²) >= 11 is 0. The van der Waals surface area contributed by atoms with E-state index in [0.29, 0.717) is 6.04 Å². The van der Waals surface area contributed by atoms with Crippen molar-refractivity contribution < 1.29 is 0 Å². The summed E-state index contributed by atoms with van der Waals surface area (Å²) in [5.41, 5.74) is 1.46. The first-order valence-electron chi connectivity index (χ1n) is 7.15. The third-order valence-corrected chi connectivity index (χ3v) is 4.96. The molecule has 1 saturated carbocycles. The van der Waals surface area contributed by atoms with Crippen molar-refractivity contribution in [3.63, 3.8) is 0 Å². The van der Waals surface area contributed by atoms with Crippen LogP contribution >= 0.6 is 0 Å². The van der Waals surface area contributed by atoms with Crippen LogP contribution in [0.4, 0.5) is 0 Å². The highest BCUT2D eigenvalue weighted by Gasteiger charge is 2.48. The molecule has 2 fully saturated rings. The van der Waals surface area contributed by atoms with Crippen LogP contribution in [-0.2, 0) is 0 Å². The Balaban J connectivity index is 1.79. The van der Waals surface area contributed by atoms with Crippen LogP contribution in [-0.4, -0.2) is 42.5 Å². The molecule has 2 bridgehead atoms. The van der Waals surface area contributed by atoms with Crippen LogP contribution in [0.5, 0.6) is 0 Å². The Morgan fingerprint density at radius 1 is 1.17 bits per heavy atom. The molecule has 1 aromatic carbocycles. The fraction of sp³-hybridized carbons (Fsp3) is 0.625. The van der Waals surface area contributed by atoms with E-state index in [1.165, 1.54) is 24.9 Å². The fourth-order valence-corrected chi connectivity index (χ4v) is 4.14. The molecule has 1 aliphatic carbocycles. The molecule has 1 heterocycles. The van der Waals surface area contributed by atoms with Crippen LogP contribution in [0.25, 0.3) is 0 Å². The highest BCUT2D eigenvalue weighted by atomic mass is 15.3. The molecule has 4 atom stereocenters. The summed E-state index contributed by atoms with van der Waals surface area (Å²) in [6, 6.07) is 13.0. The van der Waals surface area contributed by atoms with Crippen molar-refractivity contribution in [3.8, 4) is 0 Å². The first-order chi connectivity index (χ1) is 8.68. The monoisotopic (exact) mass is 244 g/mol. The normalized spacial score (nSPS) is 33.2. The SMILES string of the molecule is C[C@@H](c1ccccc1)N1C[C@H]2CC[C@@H]1[C@@H]2N(C)C. The van der Waals surface area contributed by atoms with Crippen LogP contribution in [0, 0.1) is 5.92 Å². The molecule has 2 heteroatoms. The van der Waals surface area contributed by atoms with E-state index >= 15 is 0 Å². The molecule has 1 aliphatic heterocycles. The Hall–Kier alpha value is -0.860. The first kappa shape index (κ1) is 12.2. The van der Waals surface area contributed by atoms with Gasteiger partial charge in [0, 0.05) is 24.7 Å². The maximum absolute atomic E-state index is 2.73. The minimum Gasteiger partial charge on any atom is -0.305 e. The molecule has 3 rings (SSSR count). The van der Waals surface area contributed by atoms with Gasteiger partial charge in [-0.2, -0.15) is 0 Å². The van der Waals surface area contributed by atoms with Gasteiger partial charge in [0.05, 0.1) is 0 Å². The zero-order chi connectivity index (χ0) is 12.7. The van der Waals surface area contributed by atoms with Gasteiger partial charge in [-0.05, 0) is 45.3 Å². The lowest BCUT2D eigenvalue weighted by molar-refractivity contribution is 0.143. The van der Waals surface area contributed by atoms with Crippen molar-refractivity contribution in [2.24, 2.45) is 5.92 Å². The quantitative estimate of drug-likeness (QED) is 0.806. The van der Waals surface area contributed by atoms with E-state index in [0.717, 1.165) is 18.0 Å². The zero-order valence-corrected chi connectivity index (χ0v) is 11.7. The molecule has 0 spiro atoms. The lowest BCUT2D eigenvalue weighted by Gasteiger charge is -2.34. The van der Waals surface area contributed by atoms with Gasteiger partial charge in [0.25, 0.3) is 0 Å². The van der Waals surface area contributed by atoms with Crippen molar-refractivity contribution in [2.75, 3.05) is 20.6 Å². The van der Waals surface area contributed by atoms with Crippen molar-refractivity contribution in [3.05, 3.63) is 35.9 Å². The minimum absolute atomic E-state index is 0.559. The molecular formula is C16H24N2. The number of fused-ring (bicyclic) bond motifs is 2. The molecule has 0 N–H and O–H groups in total. The maximum Gasteiger partial charge on any atom is 0.0323 e. The van der Waals surface area contributed by atoms with Gasteiger partial charge in [0.15, 0.2) is 0 Å². The smallest absolute Gasteiger partial charge is 0.0323 e. The Morgan fingerprint density at radius 3 is 2.50 bits per heavy atom. The second-order valence-electron chi connectivity index (χ2n) is 6.14. The lowest BCUT2D eigenvalue weighted by Crippen LogP contribution is -2.41. The van der Waals surface area contributed by atoms with E-state index in [4.69, 9.17) is 0 Å². The van der Waals surface area contributed by atoms with Gasteiger partial charge in [-0.15, -0.1) is 0 Å². The average Bonchev–Trinajstić information content (AvgIpc) is 2.96. The number of likely N-dealkylation sites (N-methyl/N-ethyl adjacent to an activating group) is 1. The number of piperidine rings is 1. The van der Waals surface area contributed by atoms with E-state index in [-0.39, 0.29) is 0 Å². The number of hydrogen-bond acceptors (Lipinski definition) is 2. The second kappa shape index (κ2) is 4.67. The largest absolute Gasteiger partial charge is 0.305 e. The van der Waals surface area contributed by atoms with Crippen molar-refractivity contribution in [1.82, 2.24) is 9.80 Å². The van der Waals surface area contributed by atoms with Gasteiger partial charge in [0.1, 0.15) is 0 Å². The first-order valence-corrected chi connectivity index (χ1v) is 7.15. The van der Waals surface area contributed by atoms with E-state index in [1.54, 1.807) is 0 Å². The third kappa shape index (κ3) is 1.88. The standard InChI is InChI=1S/C16H24N2/c1-12(13-7-5-4-6-8-13)18-11-14-9-10-15(18)16(14)17(2)3/h4-8,12,14-16H,9-11H2,1-3H3/t12-,14+,15+,16+/m0/s1. The summed E-state index contributed by atoms with van der Waals surface area (Å²) in [6.45, 7) is 3.65. The molecule has 1 saturated heterocycles. The number of rotatable bonds is 3. The summed E-state index contributed by atoms with van der Waals surface area (Å²) in [5, 5.41) is 0. The zero-order valence-electron chi connectivity index (χ0n) is 11.7. The average molecular weight is 244 g/mol. The molecule has 18 heavy (non-hydrogen) atoms. The fourth-order valence-electron chi connectivity index (χ4n) is 4.14. The summed E-state index contributed by atoms with van der Waals surface area (Å²) in [7, 11) is 4.49. The molecule has 2 nitrogen and oxygen atoms in total. The van der Waals surface area contributed by atoms with Crippen LogP contribution in [0.3, 0.4) is 0 Å². The van der Waals surface area contributed by atoms with E-state index < -0.39 is 0 Å². The molecule has 0 unspecified atom stereocenters. The molecule has 98 valence electrons. The number of nitrogens with zero attached hydrogens (tertiary/aromatic N) is 2. The molecule has 0 aromatic heterocycles. The maximum atomic E-state index is 2.73. The van der Waals surface area contributed by atoms with Crippen LogP contribution in [0.2, 0.25) is 0 Å². The summed E-state index contributed by atoms with van der Waals surface area (Å²) in [6.07, 6.45) is 2.80. The van der Waals surface area contributed by atoms with Gasteiger partial charge in [-0.3, -0.25) is 4.90 Å². The Kier molecular flexibility index (Phi) is 3.16. The van der Waals surface area contributed by atoms with E-state index in [9.17, 15) is 0 Å². The van der Waals surface area contributed by atoms with Crippen LogP contribution in [0.1, 0.15) is 31.4 Å². The summed E-state index contributed by atoms with van der Waals surface area (Å²) in [4.78, 5) is 5.17. The molecular weight excluding hydrogens is 220 g/mol. The number of likely N-dealkylation sites (tertiary alicyclic amines) is 1. The van der Waals surface area contributed by atoms with E-state index in [2.05, 4.69) is 61.2 Å². The molecule has 1 aromatic rings. The predicted molar refractivity (Wildman–Crippen MR) is 75.6 cm³/mol. The molecule has 0 radical (unpaired) electrons. The van der Waals surface area contributed by atoms with Crippen LogP contribution < -0.4 is 0 Å². The van der Waals surface area contributed by atoms with Crippen molar-refractivity contribution in [2.45, 2.75) is 37.9 Å². The summed E-state index contributed by atoms with van der Waals surface area (Å²) in [5.74, 6) is 0.885. The highest BCUT2D eigenvalue weighted by Crippen LogP contribution is 2.43. The minimum atomic E-state index is 0.559. The van der Waals surface area contributed by atoms with Gasteiger partial charge in [-0.25, -0.2) is 0 Å². The number of benzene rings is 1. The summed E-state index contributed by atoms with van der Waals surface area (Å²) < 4.78 is 0. The molecule has 2 aliphatic rings. The van der Waals surface area contributed by atoms with Crippen molar-refractivity contribution in [1.29, 1.82) is 0 Å². The number of hydrogen-bond donors (Lipinski definition) is 0. The van der Waals surface area contributed by atoms with Gasteiger partial charge in [-0.1, -0.05) is 30.3 Å². The van der Waals surface area contributed by atoms with Gasteiger partial charge in [0.2, 0.25) is 0 Å². The van der Waals surface area contributed by atoms with Gasteiger partial charge < -0.3 is 4.90 Å². The Labute approximate surface area is 111 Å². The second-order valence-corrected chi connectivity index (χ2v) is 6.14. The Morgan fingerprint density at radius 2 is 1.89 bits per heavy atom. The highest BCUT2D eigenvalue weighted by molar-refractivity contribution is 5.20. The third-order valence-electron chi connectivity index (χ3n) is 4.96. The van der Waals surface area contributed by atoms with Gasteiger partial charge >= 0.3 is 0 Å². The van der Waals surface area contributed by atoms with E-state index in [1.807, 2.05) is 0 Å². The van der Waals surface area contributed by atoms with Crippen LogP contribution in [0.15, 0.2) is 30.3 Å². The predicted octanol–water partition coefficient (Wildman–Crippen LogP) is 2.77. The molecule has 0 amide bonds. The lowest BCUT2D eigenvalue weighted by atomic mass is 10.0. The Bertz CT molecular complexity index is 401.